The van der Waals surface area contributed by atoms with E-state index in [1.165, 1.54) is 5.56 Å². The maximum atomic E-state index is 6.39. The Morgan fingerprint density at radius 3 is 1.66 bits per heavy atom. The molecule has 0 aliphatic heterocycles. The summed E-state index contributed by atoms with van der Waals surface area (Å²) in [6.07, 6.45) is 1.77. The van der Waals surface area contributed by atoms with E-state index >= 15 is 0 Å². The minimum Gasteiger partial charge on any atom is -0.416 e. The predicted molar refractivity (Wildman–Crippen MR) is 132 cm³/mol. The lowest BCUT2D eigenvalue weighted by molar-refractivity contribution is 0.289. The molecule has 0 aliphatic carbocycles. The summed E-state index contributed by atoms with van der Waals surface area (Å²) in [6, 6.07) is 4.42. The van der Waals surface area contributed by atoms with Gasteiger partial charge in [0.1, 0.15) is 5.82 Å². The summed E-state index contributed by atoms with van der Waals surface area (Å²) in [5.41, 5.74) is 2.40. The molecule has 29 heavy (non-hydrogen) atoms. The topological polar surface area (TPSA) is 34.6 Å². The zero-order chi connectivity index (χ0) is 22.7. The maximum Gasteiger partial charge on any atom is 0.191 e. The van der Waals surface area contributed by atoms with E-state index in [0.717, 1.165) is 37.6 Å². The Bertz CT molecular complexity index is 610. The average molecular weight is 439 g/mol. The van der Waals surface area contributed by atoms with Crippen LogP contribution >= 0.6 is 0 Å². The quantitative estimate of drug-likeness (QED) is 0.425. The SMILES string of the molecule is CN(C)c1cc(CCO[Si](C)(C)C(C)(C)C)cc(CCO[Si](C)(C)C(C)(C)C)n1. The van der Waals surface area contributed by atoms with E-state index in [0.29, 0.717) is 0 Å². The van der Waals surface area contributed by atoms with Gasteiger partial charge in [-0.1, -0.05) is 41.5 Å². The van der Waals surface area contributed by atoms with Crippen LogP contribution in [0.1, 0.15) is 52.8 Å². The van der Waals surface area contributed by atoms with E-state index in [2.05, 4.69) is 84.8 Å². The van der Waals surface area contributed by atoms with Gasteiger partial charge in [0.15, 0.2) is 16.6 Å². The highest BCUT2D eigenvalue weighted by Crippen LogP contribution is 2.37. The number of aromatic nitrogens is 1. The van der Waals surface area contributed by atoms with Crippen LogP contribution in [0.3, 0.4) is 0 Å². The van der Waals surface area contributed by atoms with Gasteiger partial charge >= 0.3 is 0 Å². The Morgan fingerprint density at radius 2 is 1.24 bits per heavy atom. The Balaban J connectivity index is 2.82. The molecule has 0 amide bonds. The molecule has 1 aromatic rings. The van der Waals surface area contributed by atoms with Gasteiger partial charge in [0.05, 0.1) is 0 Å². The first-order valence-electron chi connectivity index (χ1n) is 10.9. The minimum absolute atomic E-state index is 0.234. The molecule has 0 spiro atoms. The Morgan fingerprint density at radius 1 is 0.793 bits per heavy atom. The second-order valence-electron chi connectivity index (χ2n) is 11.4. The van der Waals surface area contributed by atoms with E-state index in [1.807, 2.05) is 14.1 Å². The highest BCUT2D eigenvalue weighted by molar-refractivity contribution is 6.74. The van der Waals surface area contributed by atoms with Gasteiger partial charge in [-0.05, 0) is 60.4 Å². The van der Waals surface area contributed by atoms with Gasteiger partial charge in [-0.2, -0.15) is 0 Å². The van der Waals surface area contributed by atoms with Crippen molar-refractivity contribution >= 4 is 22.5 Å². The van der Waals surface area contributed by atoms with Crippen molar-refractivity contribution in [2.24, 2.45) is 0 Å². The highest BCUT2D eigenvalue weighted by Gasteiger charge is 2.37. The predicted octanol–water partition coefficient (Wildman–Crippen LogP) is 6.28. The van der Waals surface area contributed by atoms with Gasteiger partial charge in [0, 0.05) is 39.4 Å². The maximum absolute atomic E-state index is 6.39. The molecule has 1 rings (SSSR count). The number of hydrogen-bond donors (Lipinski definition) is 0. The number of nitrogens with zero attached hydrogens (tertiary/aromatic N) is 2. The average Bonchev–Trinajstić information content (AvgIpc) is 2.52. The molecule has 0 aliphatic rings. The summed E-state index contributed by atoms with van der Waals surface area (Å²) in [7, 11) is 0.669. The van der Waals surface area contributed by atoms with Gasteiger partial charge in [0.25, 0.3) is 0 Å². The number of hydrogen-bond acceptors (Lipinski definition) is 4. The van der Waals surface area contributed by atoms with Crippen LogP contribution in [0, 0.1) is 0 Å². The van der Waals surface area contributed by atoms with Crippen molar-refractivity contribution in [1.82, 2.24) is 4.98 Å². The fraction of sp³-hybridized carbons (Fsp3) is 0.783. The fourth-order valence-electron chi connectivity index (χ4n) is 2.40. The summed E-state index contributed by atoms with van der Waals surface area (Å²) in [4.78, 5) is 6.92. The monoisotopic (exact) mass is 438 g/mol. The molecule has 0 fully saturated rings. The van der Waals surface area contributed by atoms with Crippen LogP contribution in [0.4, 0.5) is 5.82 Å². The zero-order valence-corrected chi connectivity index (χ0v) is 23.2. The Hall–Kier alpha value is -0.696. The summed E-state index contributed by atoms with van der Waals surface area (Å²) >= 11 is 0. The molecule has 1 aromatic heterocycles. The Kier molecular flexibility index (Phi) is 8.74. The van der Waals surface area contributed by atoms with Gasteiger partial charge in [-0.25, -0.2) is 4.98 Å². The summed E-state index contributed by atoms with van der Waals surface area (Å²) < 4.78 is 12.8. The number of pyridine rings is 1. The molecule has 0 unspecified atom stereocenters. The van der Waals surface area contributed by atoms with Crippen molar-refractivity contribution in [3.05, 3.63) is 23.4 Å². The molecule has 6 heteroatoms. The van der Waals surface area contributed by atoms with Gasteiger partial charge < -0.3 is 13.8 Å². The van der Waals surface area contributed by atoms with Crippen molar-refractivity contribution in [3.8, 4) is 0 Å². The van der Waals surface area contributed by atoms with E-state index in [4.69, 9.17) is 13.8 Å². The molecule has 0 saturated carbocycles. The van der Waals surface area contributed by atoms with Crippen LogP contribution in [-0.4, -0.2) is 48.9 Å². The van der Waals surface area contributed by atoms with Crippen molar-refractivity contribution in [2.75, 3.05) is 32.2 Å². The Labute approximate surface area is 182 Å². The third kappa shape index (κ3) is 7.81. The molecule has 0 radical (unpaired) electrons. The molecule has 168 valence electrons. The largest absolute Gasteiger partial charge is 0.416 e. The lowest BCUT2D eigenvalue weighted by atomic mass is 10.1. The van der Waals surface area contributed by atoms with Crippen molar-refractivity contribution in [3.63, 3.8) is 0 Å². The van der Waals surface area contributed by atoms with Gasteiger partial charge in [-0.15, -0.1) is 0 Å². The van der Waals surface area contributed by atoms with Crippen molar-refractivity contribution in [1.29, 1.82) is 0 Å². The molecular formula is C23H46N2O2Si2. The van der Waals surface area contributed by atoms with E-state index in [9.17, 15) is 0 Å². The molecule has 0 N–H and O–H groups in total. The fourth-order valence-corrected chi connectivity index (χ4v) is 4.49. The van der Waals surface area contributed by atoms with Gasteiger partial charge in [0.2, 0.25) is 0 Å². The third-order valence-electron chi connectivity index (χ3n) is 6.67. The van der Waals surface area contributed by atoms with Crippen LogP contribution in [0.25, 0.3) is 0 Å². The molecule has 0 bridgehead atoms. The summed E-state index contributed by atoms with van der Waals surface area (Å²) in [5, 5.41) is 0.477. The second kappa shape index (κ2) is 9.62. The summed E-state index contributed by atoms with van der Waals surface area (Å²) in [5.74, 6) is 1.01. The second-order valence-corrected chi connectivity index (χ2v) is 21.1. The van der Waals surface area contributed by atoms with Crippen LogP contribution in [-0.2, 0) is 21.7 Å². The van der Waals surface area contributed by atoms with Crippen LogP contribution in [0.15, 0.2) is 12.1 Å². The van der Waals surface area contributed by atoms with Crippen molar-refractivity contribution < 1.29 is 8.85 Å². The molecule has 0 aromatic carbocycles. The first-order chi connectivity index (χ1) is 13.0. The zero-order valence-electron chi connectivity index (χ0n) is 21.2. The van der Waals surface area contributed by atoms with Gasteiger partial charge in [-0.3, -0.25) is 0 Å². The highest BCUT2D eigenvalue weighted by atomic mass is 28.4. The van der Waals surface area contributed by atoms with Crippen LogP contribution in [0.2, 0.25) is 36.3 Å². The van der Waals surface area contributed by atoms with Crippen LogP contribution in [0.5, 0.6) is 0 Å². The van der Waals surface area contributed by atoms with E-state index in [-0.39, 0.29) is 10.1 Å². The standard InChI is InChI=1S/C23H46N2O2Si2/c1-22(2,3)28(9,10)26-15-13-19-17-20(24-21(18-19)25(7)8)14-16-27-29(11,12)23(4,5)6/h17-18H,13-16H2,1-12H3. The minimum atomic E-state index is -1.72. The number of rotatable bonds is 9. The third-order valence-corrected chi connectivity index (χ3v) is 15.7. The van der Waals surface area contributed by atoms with E-state index in [1.54, 1.807) is 0 Å². The number of anilines is 1. The first-order valence-corrected chi connectivity index (χ1v) is 16.7. The van der Waals surface area contributed by atoms with Crippen LogP contribution < -0.4 is 4.90 Å². The lowest BCUT2D eigenvalue weighted by Gasteiger charge is -2.36. The smallest absolute Gasteiger partial charge is 0.191 e. The van der Waals surface area contributed by atoms with Crippen molar-refractivity contribution in [2.45, 2.75) is 90.6 Å². The first kappa shape index (κ1) is 26.3. The molecular weight excluding hydrogens is 392 g/mol. The molecule has 1 heterocycles. The normalized spacial score (nSPS) is 13.7. The molecule has 0 atom stereocenters. The molecule has 4 nitrogen and oxygen atoms in total. The summed E-state index contributed by atoms with van der Waals surface area (Å²) in [6.45, 7) is 24.5. The lowest BCUT2D eigenvalue weighted by Crippen LogP contribution is -2.41. The van der Waals surface area contributed by atoms with E-state index < -0.39 is 16.6 Å². The molecule has 0 saturated heterocycles.